The molecule has 4 heteroatoms. The van der Waals surface area contributed by atoms with Gasteiger partial charge in [0.1, 0.15) is 0 Å². The van der Waals surface area contributed by atoms with Crippen molar-refractivity contribution in [1.82, 2.24) is 9.88 Å². The fourth-order valence-corrected chi connectivity index (χ4v) is 2.70. The van der Waals surface area contributed by atoms with Crippen LogP contribution in [0.4, 0.5) is 5.69 Å². The van der Waals surface area contributed by atoms with Gasteiger partial charge in [0.15, 0.2) is 0 Å². The molecule has 1 N–H and O–H groups in total. The number of pyridine rings is 1. The summed E-state index contributed by atoms with van der Waals surface area (Å²) in [6.45, 7) is 9.18. The number of likely N-dealkylation sites (tertiary alicyclic amines) is 1. The number of nitrogens with one attached hydrogen (secondary N) is 1. The molecular formula is C16H27N3O. The van der Waals surface area contributed by atoms with Crippen LogP contribution in [0.3, 0.4) is 0 Å². The quantitative estimate of drug-likeness (QED) is 0.831. The molecule has 1 aliphatic heterocycles. The zero-order valence-electron chi connectivity index (χ0n) is 12.8. The third-order valence-electron chi connectivity index (χ3n) is 3.65. The van der Waals surface area contributed by atoms with E-state index in [1.54, 1.807) is 0 Å². The number of rotatable bonds is 7. The predicted molar refractivity (Wildman–Crippen MR) is 82.9 cm³/mol. The molecule has 20 heavy (non-hydrogen) atoms. The van der Waals surface area contributed by atoms with Crippen LogP contribution in [0.2, 0.25) is 0 Å². The highest BCUT2D eigenvalue weighted by atomic mass is 16.5. The molecule has 1 aromatic heterocycles. The van der Waals surface area contributed by atoms with Crippen LogP contribution in [0.5, 0.6) is 0 Å². The lowest BCUT2D eigenvalue weighted by molar-refractivity contribution is 0.00332. The Morgan fingerprint density at radius 2 is 2.35 bits per heavy atom. The maximum absolute atomic E-state index is 5.75. The fraction of sp³-hybridized carbons (Fsp3) is 0.688. The Morgan fingerprint density at radius 1 is 1.45 bits per heavy atom. The van der Waals surface area contributed by atoms with Crippen molar-refractivity contribution in [3.63, 3.8) is 0 Å². The summed E-state index contributed by atoms with van der Waals surface area (Å²) in [6, 6.07) is 4.21. The minimum Gasteiger partial charge on any atom is -0.385 e. The molecule has 1 unspecified atom stereocenters. The van der Waals surface area contributed by atoms with Crippen molar-refractivity contribution < 1.29 is 4.74 Å². The highest BCUT2D eigenvalue weighted by Gasteiger charge is 2.20. The lowest BCUT2D eigenvalue weighted by atomic mass is 10.1. The molecule has 0 aliphatic carbocycles. The second-order valence-electron chi connectivity index (χ2n) is 5.42. The Balaban J connectivity index is 1.88. The van der Waals surface area contributed by atoms with Crippen LogP contribution in [0, 0.1) is 0 Å². The molecule has 0 aromatic carbocycles. The van der Waals surface area contributed by atoms with Crippen molar-refractivity contribution in [3.05, 3.63) is 24.0 Å². The number of ether oxygens (including phenoxy) is 1. The maximum atomic E-state index is 5.75. The zero-order valence-corrected chi connectivity index (χ0v) is 12.8. The molecule has 0 amide bonds. The normalized spacial score (nSPS) is 20.0. The van der Waals surface area contributed by atoms with E-state index < -0.39 is 0 Å². The van der Waals surface area contributed by atoms with Crippen LogP contribution in [-0.4, -0.2) is 42.2 Å². The Hall–Kier alpha value is -1.13. The molecular weight excluding hydrogens is 250 g/mol. The Kier molecular flexibility index (Phi) is 6.27. The number of hydrogen-bond acceptors (Lipinski definition) is 4. The second kappa shape index (κ2) is 8.22. The van der Waals surface area contributed by atoms with Gasteiger partial charge in [-0.05, 0) is 44.9 Å². The van der Waals surface area contributed by atoms with E-state index in [1.807, 2.05) is 12.3 Å². The van der Waals surface area contributed by atoms with E-state index in [1.165, 1.54) is 18.5 Å². The van der Waals surface area contributed by atoms with Crippen molar-refractivity contribution in [1.29, 1.82) is 0 Å². The van der Waals surface area contributed by atoms with Gasteiger partial charge in [0, 0.05) is 38.1 Å². The molecule has 112 valence electrons. The van der Waals surface area contributed by atoms with E-state index in [2.05, 4.69) is 35.1 Å². The molecule has 4 nitrogen and oxygen atoms in total. The van der Waals surface area contributed by atoms with E-state index in [4.69, 9.17) is 4.74 Å². The largest absolute Gasteiger partial charge is 0.385 e. The zero-order chi connectivity index (χ0) is 14.2. The summed E-state index contributed by atoms with van der Waals surface area (Å²) >= 11 is 0. The van der Waals surface area contributed by atoms with Gasteiger partial charge in [-0.1, -0.05) is 6.92 Å². The van der Waals surface area contributed by atoms with Crippen LogP contribution in [-0.2, 0) is 11.3 Å². The first-order valence-corrected chi connectivity index (χ1v) is 7.84. The van der Waals surface area contributed by atoms with E-state index >= 15 is 0 Å². The summed E-state index contributed by atoms with van der Waals surface area (Å²) in [5.41, 5.74) is 2.32. The van der Waals surface area contributed by atoms with Crippen molar-refractivity contribution in [3.8, 4) is 0 Å². The van der Waals surface area contributed by atoms with Gasteiger partial charge in [-0.3, -0.25) is 9.88 Å². The number of aromatic nitrogens is 1. The Bertz CT molecular complexity index is 395. The number of nitrogens with zero attached hydrogens (tertiary/aromatic N) is 2. The molecule has 1 saturated heterocycles. The second-order valence-corrected chi connectivity index (χ2v) is 5.42. The van der Waals surface area contributed by atoms with Gasteiger partial charge in [0.05, 0.1) is 11.8 Å². The van der Waals surface area contributed by atoms with Crippen LogP contribution >= 0.6 is 0 Å². The fourth-order valence-electron chi connectivity index (χ4n) is 2.70. The minimum absolute atomic E-state index is 0.398. The van der Waals surface area contributed by atoms with Gasteiger partial charge in [-0.2, -0.15) is 0 Å². The predicted octanol–water partition coefficient (Wildman–Crippen LogP) is 2.90. The van der Waals surface area contributed by atoms with Crippen LogP contribution in [0.1, 0.15) is 38.8 Å². The highest BCUT2D eigenvalue weighted by Crippen LogP contribution is 2.16. The third-order valence-corrected chi connectivity index (χ3v) is 3.65. The number of piperidine rings is 1. The van der Waals surface area contributed by atoms with Gasteiger partial charge in [-0.25, -0.2) is 0 Å². The van der Waals surface area contributed by atoms with E-state index in [-0.39, 0.29) is 0 Å². The van der Waals surface area contributed by atoms with Gasteiger partial charge in [-0.15, -0.1) is 0 Å². The summed E-state index contributed by atoms with van der Waals surface area (Å²) in [5.74, 6) is 0. The van der Waals surface area contributed by atoms with Crippen molar-refractivity contribution in [2.45, 2.75) is 45.8 Å². The van der Waals surface area contributed by atoms with Gasteiger partial charge in [0.2, 0.25) is 0 Å². The first-order valence-electron chi connectivity index (χ1n) is 7.84. The highest BCUT2D eigenvalue weighted by molar-refractivity contribution is 5.43. The monoisotopic (exact) mass is 277 g/mol. The van der Waals surface area contributed by atoms with Crippen LogP contribution < -0.4 is 5.32 Å². The summed E-state index contributed by atoms with van der Waals surface area (Å²) in [5, 5.41) is 3.42. The smallest absolute Gasteiger partial charge is 0.0702 e. The average Bonchev–Trinajstić information content (AvgIpc) is 2.46. The standard InChI is InChI=1S/C16H27N3O/c1-3-8-17-14-7-9-18-15(11-14)12-19-10-5-6-16(13-19)20-4-2/h7,9,11,16H,3-6,8,10,12-13H2,1-2H3,(H,17,18). The van der Waals surface area contributed by atoms with Crippen molar-refractivity contribution in [2.24, 2.45) is 0 Å². The van der Waals surface area contributed by atoms with Gasteiger partial charge < -0.3 is 10.1 Å². The summed E-state index contributed by atoms with van der Waals surface area (Å²) in [6.07, 6.45) is 5.85. The lowest BCUT2D eigenvalue weighted by Gasteiger charge is -2.32. The number of anilines is 1. The molecule has 2 heterocycles. The van der Waals surface area contributed by atoms with E-state index in [0.717, 1.165) is 44.9 Å². The topological polar surface area (TPSA) is 37.4 Å². The molecule has 0 radical (unpaired) electrons. The van der Waals surface area contributed by atoms with E-state index in [0.29, 0.717) is 6.10 Å². The summed E-state index contributed by atoms with van der Waals surface area (Å²) in [4.78, 5) is 6.94. The molecule has 1 aliphatic rings. The van der Waals surface area contributed by atoms with Crippen LogP contribution in [0.25, 0.3) is 0 Å². The molecule has 1 fully saturated rings. The molecule has 1 atom stereocenters. The molecule has 0 bridgehead atoms. The van der Waals surface area contributed by atoms with Crippen molar-refractivity contribution in [2.75, 3.05) is 31.6 Å². The summed E-state index contributed by atoms with van der Waals surface area (Å²) < 4.78 is 5.75. The third kappa shape index (κ3) is 4.76. The van der Waals surface area contributed by atoms with Crippen LogP contribution in [0.15, 0.2) is 18.3 Å². The first kappa shape index (κ1) is 15.3. The Labute approximate surface area is 122 Å². The van der Waals surface area contributed by atoms with Gasteiger partial charge in [0.25, 0.3) is 0 Å². The molecule has 2 rings (SSSR count). The molecule has 0 spiro atoms. The molecule has 1 aromatic rings. The van der Waals surface area contributed by atoms with Gasteiger partial charge >= 0.3 is 0 Å². The maximum Gasteiger partial charge on any atom is 0.0702 e. The lowest BCUT2D eigenvalue weighted by Crippen LogP contribution is -2.39. The van der Waals surface area contributed by atoms with E-state index in [9.17, 15) is 0 Å². The molecule has 0 saturated carbocycles. The summed E-state index contributed by atoms with van der Waals surface area (Å²) in [7, 11) is 0. The number of hydrogen-bond donors (Lipinski definition) is 1. The first-order chi connectivity index (χ1) is 9.81. The average molecular weight is 277 g/mol. The SMILES string of the molecule is CCCNc1ccnc(CN2CCCC(OCC)C2)c1. The minimum atomic E-state index is 0.398. The van der Waals surface area contributed by atoms with Crippen molar-refractivity contribution >= 4 is 5.69 Å². The Morgan fingerprint density at radius 3 is 3.15 bits per heavy atom.